The van der Waals surface area contributed by atoms with E-state index in [4.69, 9.17) is 9.47 Å². The van der Waals surface area contributed by atoms with Crippen molar-refractivity contribution in [1.29, 1.82) is 0 Å². The zero-order valence-corrected chi connectivity index (χ0v) is 14.9. The maximum Gasteiger partial charge on any atom is 0.410 e. The molecule has 2 N–H and O–H groups in total. The Morgan fingerprint density at radius 3 is 2.46 bits per heavy atom. The highest BCUT2D eigenvalue weighted by Gasteiger charge is 2.26. The summed E-state index contributed by atoms with van der Waals surface area (Å²) < 4.78 is 10.7. The standard InChI is InChI=1S/C18H28N2O4/c1-4-23-18(22)20-7-5-19(6-8-20)12-16(21)13-24-17-10-14(2)9-15(3)11-17/h9-11,16,21H,4-8,12-13H2,1-3H3/p+1. The Bertz CT molecular complexity index is 522. The van der Waals surface area contributed by atoms with Gasteiger partial charge in [0.25, 0.3) is 0 Å². The number of piperazine rings is 1. The van der Waals surface area contributed by atoms with Gasteiger partial charge in [-0.05, 0) is 44.0 Å². The van der Waals surface area contributed by atoms with Crippen LogP contribution in [0.1, 0.15) is 18.1 Å². The van der Waals surface area contributed by atoms with Gasteiger partial charge in [-0.3, -0.25) is 4.90 Å². The second-order valence-electron chi connectivity index (χ2n) is 6.43. The van der Waals surface area contributed by atoms with Gasteiger partial charge in [-0.25, -0.2) is 4.79 Å². The van der Waals surface area contributed by atoms with Crippen molar-refractivity contribution in [2.24, 2.45) is 0 Å². The van der Waals surface area contributed by atoms with Gasteiger partial charge in [0.15, 0.2) is 0 Å². The summed E-state index contributed by atoms with van der Waals surface area (Å²) in [6, 6.07) is 6.05. The van der Waals surface area contributed by atoms with Gasteiger partial charge in [0.1, 0.15) is 25.0 Å². The highest BCUT2D eigenvalue weighted by atomic mass is 16.6. The lowest BCUT2D eigenvalue weighted by atomic mass is 10.1. The van der Waals surface area contributed by atoms with Crippen LogP contribution in [-0.4, -0.2) is 68.1 Å². The number of nitrogens with one attached hydrogen (secondary N) is 1. The van der Waals surface area contributed by atoms with Crippen molar-refractivity contribution in [3.8, 4) is 5.75 Å². The molecule has 24 heavy (non-hydrogen) atoms. The lowest BCUT2D eigenvalue weighted by Gasteiger charge is -2.32. The Morgan fingerprint density at radius 1 is 1.25 bits per heavy atom. The number of rotatable bonds is 6. The molecule has 0 radical (unpaired) electrons. The van der Waals surface area contributed by atoms with E-state index in [1.54, 1.807) is 4.90 Å². The van der Waals surface area contributed by atoms with E-state index in [1.165, 1.54) is 4.90 Å². The summed E-state index contributed by atoms with van der Waals surface area (Å²) in [6.07, 6.45) is -0.759. The molecule has 1 saturated heterocycles. The minimum absolute atomic E-state index is 0.241. The van der Waals surface area contributed by atoms with Crippen LogP contribution < -0.4 is 9.64 Å². The lowest BCUT2D eigenvalue weighted by molar-refractivity contribution is -0.907. The molecule has 1 fully saturated rings. The molecular formula is C18H29N2O4+. The van der Waals surface area contributed by atoms with E-state index in [-0.39, 0.29) is 12.7 Å². The largest absolute Gasteiger partial charge is 0.491 e. The van der Waals surface area contributed by atoms with Gasteiger partial charge in [-0.1, -0.05) is 6.07 Å². The summed E-state index contributed by atoms with van der Waals surface area (Å²) in [5.74, 6) is 0.800. The summed E-state index contributed by atoms with van der Waals surface area (Å²) in [5.41, 5.74) is 2.31. The van der Waals surface area contributed by atoms with E-state index in [0.29, 0.717) is 26.2 Å². The van der Waals surface area contributed by atoms with Crippen LogP contribution in [0.25, 0.3) is 0 Å². The number of amides is 1. The molecule has 1 aromatic rings. The van der Waals surface area contributed by atoms with Crippen LogP contribution in [0.3, 0.4) is 0 Å². The molecular weight excluding hydrogens is 308 g/mol. The monoisotopic (exact) mass is 337 g/mol. The number of hydrogen-bond acceptors (Lipinski definition) is 4. The number of carbonyl (C=O) groups is 1. The first kappa shape index (κ1) is 18.5. The van der Waals surface area contributed by atoms with Crippen LogP contribution in [0, 0.1) is 13.8 Å². The van der Waals surface area contributed by atoms with E-state index in [9.17, 15) is 9.90 Å². The third-order valence-corrected chi connectivity index (χ3v) is 4.16. The van der Waals surface area contributed by atoms with Gasteiger partial charge in [0.05, 0.1) is 32.8 Å². The van der Waals surface area contributed by atoms with Crippen LogP contribution in [-0.2, 0) is 4.74 Å². The van der Waals surface area contributed by atoms with Gasteiger partial charge < -0.3 is 19.5 Å². The summed E-state index contributed by atoms with van der Waals surface area (Å²) in [7, 11) is 0. The maximum atomic E-state index is 11.7. The normalized spacial score (nSPS) is 16.8. The van der Waals surface area contributed by atoms with Crippen molar-refractivity contribution in [2.45, 2.75) is 26.9 Å². The second kappa shape index (κ2) is 8.89. The Balaban J connectivity index is 1.71. The van der Waals surface area contributed by atoms with Crippen LogP contribution in [0.15, 0.2) is 18.2 Å². The average Bonchev–Trinajstić information content (AvgIpc) is 2.53. The minimum Gasteiger partial charge on any atom is -0.491 e. The fourth-order valence-electron chi connectivity index (χ4n) is 3.03. The first-order valence-corrected chi connectivity index (χ1v) is 8.62. The van der Waals surface area contributed by atoms with E-state index in [1.807, 2.05) is 32.9 Å². The van der Waals surface area contributed by atoms with Gasteiger partial charge in [0.2, 0.25) is 0 Å². The number of quaternary nitrogens is 1. The minimum atomic E-state index is -0.519. The smallest absolute Gasteiger partial charge is 0.410 e. The molecule has 134 valence electrons. The van der Waals surface area contributed by atoms with Crippen molar-refractivity contribution in [1.82, 2.24) is 4.90 Å². The van der Waals surface area contributed by atoms with Gasteiger partial charge in [-0.15, -0.1) is 0 Å². The highest BCUT2D eigenvalue weighted by molar-refractivity contribution is 5.67. The third kappa shape index (κ3) is 5.69. The molecule has 0 aliphatic carbocycles. The van der Waals surface area contributed by atoms with Crippen molar-refractivity contribution in [3.63, 3.8) is 0 Å². The number of benzene rings is 1. The van der Waals surface area contributed by atoms with Gasteiger partial charge in [0, 0.05) is 0 Å². The zero-order chi connectivity index (χ0) is 17.5. The Morgan fingerprint density at radius 2 is 1.88 bits per heavy atom. The van der Waals surface area contributed by atoms with Crippen LogP contribution >= 0.6 is 0 Å². The SMILES string of the molecule is CCOC(=O)N1CC[NH+](CC(O)COc2cc(C)cc(C)c2)CC1. The van der Waals surface area contributed by atoms with Crippen molar-refractivity contribution < 1.29 is 24.3 Å². The van der Waals surface area contributed by atoms with Crippen LogP contribution in [0.2, 0.25) is 0 Å². The number of nitrogens with zero attached hydrogens (tertiary/aromatic N) is 1. The fourth-order valence-corrected chi connectivity index (χ4v) is 3.03. The Kier molecular flexibility index (Phi) is 6.87. The molecule has 0 aromatic heterocycles. The number of carbonyl (C=O) groups excluding carboxylic acids is 1. The average molecular weight is 337 g/mol. The molecule has 0 spiro atoms. The Labute approximate surface area is 144 Å². The van der Waals surface area contributed by atoms with Crippen molar-refractivity contribution >= 4 is 6.09 Å². The predicted molar refractivity (Wildman–Crippen MR) is 91.6 cm³/mol. The van der Waals surface area contributed by atoms with Gasteiger partial charge in [-0.2, -0.15) is 0 Å². The molecule has 1 aliphatic rings. The number of ether oxygens (including phenoxy) is 2. The molecule has 1 amide bonds. The van der Waals surface area contributed by atoms with E-state index in [2.05, 4.69) is 6.07 Å². The molecule has 0 bridgehead atoms. The molecule has 6 nitrogen and oxygen atoms in total. The Hall–Kier alpha value is -1.79. The molecule has 2 rings (SSSR count). The summed E-state index contributed by atoms with van der Waals surface area (Å²) in [5, 5.41) is 10.2. The number of aliphatic hydroxyl groups excluding tert-OH is 1. The second-order valence-corrected chi connectivity index (χ2v) is 6.43. The van der Waals surface area contributed by atoms with E-state index in [0.717, 1.165) is 30.0 Å². The molecule has 1 atom stereocenters. The molecule has 1 aromatic carbocycles. The summed E-state index contributed by atoms with van der Waals surface area (Å²) >= 11 is 0. The molecule has 6 heteroatoms. The van der Waals surface area contributed by atoms with Crippen LogP contribution in [0.5, 0.6) is 5.75 Å². The van der Waals surface area contributed by atoms with Gasteiger partial charge >= 0.3 is 6.09 Å². The summed E-state index contributed by atoms with van der Waals surface area (Å²) in [4.78, 5) is 14.7. The number of aryl methyl sites for hydroxylation is 2. The van der Waals surface area contributed by atoms with E-state index < -0.39 is 6.10 Å². The van der Waals surface area contributed by atoms with Crippen molar-refractivity contribution in [2.75, 3.05) is 45.9 Å². The topological polar surface area (TPSA) is 63.4 Å². The predicted octanol–water partition coefficient (Wildman–Crippen LogP) is 0.400. The quantitative estimate of drug-likeness (QED) is 0.789. The zero-order valence-electron chi connectivity index (χ0n) is 14.9. The lowest BCUT2D eigenvalue weighted by Crippen LogP contribution is -3.16. The maximum absolute atomic E-state index is 11.7. The molecule has 1 unspecified atom stereocenters. The van der Waals surface area contributed by atoms with Crippen LogP contribution in [0.4, 0.5) is 4.79 Å². The molecule has 1 aliphatic heterocycles. The molecule has 0 saturated carbocycles. The first-order chi connectivity index (χ1) is 11.5. The molecule has 1 heterocycles. The third-order valence-electron chi connectivity index (χ3n) is 4.16. The first-order valence-electron chi connectivity index (χ1n) is 8.62. The number of hydrogen-bond donors (Lipinski definition) is 2. The number of aliphatic hydroxyl groups is 1. The van der Waals surface area contributed by atoms with Crippen molar-refractivity contribution in [3.05, 3.63) is 29.3 Å². The summed E-state index contributed by atoms with van der Waals surface area (Å²) in [6.45, 7) is 10.2. The highest BCUT2D eigenvalue weighted by Crippen LogP contribution is 2.16. The fraction of sp³-hybridized carbons (Fsp3) is 0.611. The van der Waals surface area contributed by atoms with E-state index >= 15 is 0 Å².